The zero-order valence-electron chi connectivity index (χ0n) is 9.61. The van der Waals surface area contributed by atoms with Crippen molar-refractivity contribution in [3.05, 3.63) is 11.9 Å². The van der Waals surface area contributed by atoms with E-state index in [-0.39, 0.29) is 12.6 Å². The van der Waals surface area contributed by atoms with Crippen LogP contribution in [0.15, 0.2) is 11.9 Å². The van der Waals surface area contributed by atoms with Crippen molar-refractivity contribution in [2.24, 2.45) is 5.73 Å². The molecule has 2 amide bonds. The second-order valence-electron chi connectivity index (χ2n) is 4.26. The monoisotopic (exact) mass is 243 g/mol. The highest BCUT2D eigenvalue weighted by Crippen LogP contribution is 2.25. The summed E-state index contributed by atoms with van der Waals surface area (Å²) in [5.41, 5.74) is 5.61. The van der Waals surface area contributed by atoms with Gasteiger partial charge in [0.15, 0.2) is 6.23 Å². The van der Waals surface area contributed by atoms with Crippen LogP contribution in [-0.2, 0) is 4.74 Å². The van der Waals surface area contributed by atoms with Crippen LogP contribution >= 0.6 is 0 Å². The van der Waals surface area contributed by atoms with Gasteiger partial charge < -0.3 is 20.7 Å². The van der Waals surface area contributed by atoms with Crippen LogP contribution in [0.4, 0.5) is 4.79 Å². The van der Waals surface area contributed by atoms with Crippen LogP contribution in [0.1, 0.15) is 6.42 Å². The fraction of sp³-hybridized carbons (Fsp3) is 0.700. The molecule has 0 aromatic carbocycles. The molecule has 1 fully saturated rings. The molecule has 2 rings (SSSR count). The average molecular weight is 243 g/mol. The lowest BCUT2D eigenvalue weighted by atomic mass is 10.2. The van der Waals surface area contributed by atoms with E-state index in [1.807, 2.05) is 0 Å². The van der Waals surface area contributed by atoms with Crippen molar-refractivity contribution < 1.29 is 19.7 Å². The number of carbonyl (C=O) groups excluding carboxylic acids is 1. The fourth-order valence-corrected chi connectivity index (χ4v) is 2.05. The highest BCUT2D eigenvalue weighted by Gasteiger charge is 2.41. The molecule has 0 unspecified atom stereocenters. The van der Waals surface area contributed by atoms with E-state index >= 15 is 0 Å². The molecule has 0 aromatic rings. The van der Waals surface area contributed by atoms with Crippen molar-refractivity contribution >= 4 is 6.03 Å². The molecule has 4 N–H and O–H groups in total. The number of aliphatic hydroxyl groups excluding tert-OH is 2. The SMILES string of the molecule is CN1C(=O)N([C@@H]2O[C@H](CO)C[C@H]2O)CC=C1N. The predicted molar refractivity (Wildman–Crippen MR) is 58.5 cm³/mol. The quantitative estimate of drug-likeness (QED) is 0.555. The summed E-state index contributed by atoms with van der Waals surface area (Å²) >= 11 is 0. The molecular formula is C10H17N3O4. The Kier molecular flexibility index (Phi) is 3.23. The lowest BCUT2D eigenvalue weighted by molar-refractivity contribution is -0.0799. The Morgan fingerprint density at radius 1 is 1.65 bits per heavy atom. The highest BCUT2D eigenvalue weighted by molar-refractivity contribution is 5.77. The van der Waals surface area contributed by atoms with Crippen LogP contribution < -0.4 is 5.73 Å². The van der Waals surface area contributed by atoms with E-state index in [0.29, 0.717) is 18.8 Å². The Morgan fingerprint density at radius 2 is 2.35 bits per heavy atom. The predicted octanol–water partition coefficient (Wildman–Crippen LogP) is -1.38. The molecule has 7 heteroatoms. The van der Waals surface area contributed by atoms with Crippen LogP contribution in [-0.4, -0.2) is 64.7 Å². The number of nitrogens with two attached hydrogens (primary N) is 1. The highest BCUT2D eigenvalue weighted by atomic mass is 16.5. The number of amides is 2. The molecule has 0 spiro atoms. The topological polar surface area (TPSA) is 99.3 Å². The van der Waals surface area contributed by atoms with Gasteiger partial charge in [-0.1, -0.05) is 0 Å². The van der Waals surface area contributed by atoms with E-state index in [1.165, 1.54) is 9.80 Å². The van der Waals surface area contributed by atoms with Gasteiger partial charge in [0.1, 0.15) is 11.9 Å². The minimum absolute atomic E-state index is 0.163. The normalized spacial score (nSPS) is 34.2. The summed E-state index contributed by atoms with van der Waals surface area (Å²) in [6.07, 6.45) is 0.0949. The van der Waals surface area contributed by atoms with E-state index in [1.54, 1.807) is 13.1 Å². The Balaban J connectivity index is 2.11. The van der Waals surface area contributed by atoms with E-state index in [9.17, 15) is 9.90 Å². The van der Waals surface area contributed by atoms with Crippen LogP contribution in [0.5, 0.6) is 0 Å². The number of hydrogen-bond donors (Lipinski definition) is 3. The lowest BCUT2D eigenvalue weighted by Gasteiger charge is -2.36. The Bertz CT molecular complexity index is 346. The average Bonchev–Trinajstić information content (AvgIpc) is 2.68. The molecule has 1 saturated heterocycles. The molecule has 0 bridgehead atoms. The van der Waals surface area contributed by atoms with Crippen molar-refractivity contribution in [2.45, 2.75) is 24.9 Å². The molecule has 0 radical (unpaired) electrons. The number of urea groups is 1. The molecule has 3 atom stereocenters. The van der Waals surface area contributed by atoms with Crippen LogP contribution in [0, 0.1) is 0 Å². The molecule has 0 aliphatic carbocycles. The molecule has 0 saturated carbocycles. The van der Waals surface area contributed by atoms with E-state index in [0.717, 1.165) is 0 Å². The smallest absolute Gasteiger partial charge is 0.327 e. The Hall–Kier alpha value is -1.31. The summed E-state index contributed by atoms with van der Waals surface area (Å²) in [6, 6.07) is -0.312. The summed E-state index contributed by atoms with van der Waals surface area (Å²) in [6.45, 7) is 0.137. The second kappa shape index (κ2) is 4.52. The standard InChI is InChI=1S/C10H17N3O4/c1-12-8(11)2-3-13(10(12)16)9-7(15)4-6(5-14)17-9/h2,6-7,9,14-15H,3-5,11H2,1H3/t6-,7+,9+/m0/s1. The molecule has 96 valence electrons. The minimum atomic E-state index is -0.780. The van der Waals surface area contributed by atoms with Gasteiger partial charge in [-0.2, -0.15) is 0 Å². The minimum Gasteiger partial charge on any atom is -0.394 e. The first-order valence-corrected chi connectivity index (χ1v) is 5.49. The van der Waals surface area contributed by atoms with E-state index < -0.39 is 18.4 Å². The lowest BCUT2D eigenvalue weighted by Crippen LogP contribution is -2.53. The maximum Gasteiger partial charge on any atom is 0.327 e. The number of hydrogen-bond acceptors (Lipinski definition) is 5. The van der Waals surface area contributed by atoms with Gasteiger partial charge in [-0.3, -0.25) is 9.80 Å². The van der Waals surface area contributed by atoms with Crippen LogP contribution in [0.3, 0.4) is 0 Å². The maximum atomic E-state index is 11.9. The molecule has 0 aromatic heterocycles. The van der Waals surface area contributed by atoms with Gasteiger partial charge in [0.05, 0.1) is 12.7 Å². The van der Waals surface area contributed by atoms with Gasteiger partial charge in [0.25, 0.3) is 0 Å². The van der Waals surface area contributed by atoms with Gasteiger partial charge in [0.2, 0.25) is 0 Å². The van der Waals surface area contributed by atoms with Crippen LogP contribution in [0.25, 0.3) is 0 Å². The summed E-state index contributed by atoms with van der Waals surface area (Å²) in [4.78, 5) is 14.6. The first-order chi connectivity index (χ1) is 8.04. The van der Waals surface area contributed by atoms with Crippen molar-refractivity contribution in [2.75, 3.05) is 20.2 Å². The zero-order valence-corrected chi connectivity index (χ0v) is 9.61. The maximum absolute atomic E-state index is 11.9. The molecule has 2 aliphatic rings. The van der Waals surface area contributed by atoms with Gasteiger partial charge >= 0.3 is 6.03 Å². The first-order valence-electron chi connectivity index (χ1n) is 5.49. The first kappa shape index (κ1) is 12.2. The molecule has 2 heterocycles. The second-order valence-corrected chi connectivity index (χ2v) is 4.26. The van der Waals surface area contributed by atoms with Gasteiger partial charge in [-0.05, 0) is 6.08 Å². The molecule has 7 nitrogen and oxygen atoms in total. The van der Waals surface area contributed by atoms with Crippen LogP contribution in [0.2, 0.25) is 0 Å². The Labute approximate surface area is 99.0 Å². The molecule has 2 aliphatic heterocycles. The van der Waals surface area contributed by atoms with Crippen molar-refractivity contribution in [3.8, 4) is 0 Å². The number of aliphatic hydroxyl groups is 2. The zero-order chi connectivity index (χ0) is 12.6. The summed E-state index contributed by atoms with van der Waals surface area (Å²) in [5.74, 6) is 0.387. The van der Waals surface area contributed by atoms with E-state index in [2.05, 4.69) is 0 Å². The fourth-order valence-electron chi connectivity index (χ4n) is 2.05. The van der Waals surface area contributed by atoms with Crippen molar-refractivity contribution in [1.29, 1.82) is 0 Å². The van der Waals surface area contributed by atoms with Gasteiger partial charge in [-0.15, -0.1) is 0 Å². The molecule has 17 heavy (non-hydrogen) atoms. The molecular weight excluding hydrogens is 226 g/mol. The van der Waals surface area contributed by atoms with Gasteiger partial charge in [0, 0.05) is 20.0 Å². The van der Waals surface area contributed by atoms with E-state index in [4.69, 9.17) is 15.6 Å². The Morgan fingerprint density at radius 3 is 2.94 bits per heavy atom. The summed E-state index contributed by atoms with van der Waals surface area (Å²) in [5, 5.41) is 18.8. The third-order valence-electron chi connectivity index (χ3n) is 3.09. The van der Waals surface area contributed by atoms with Crippen molar-refractivity contribution in [1.82, 2.24) is 9.80 Å². The van der Waals surface area contributed by atoms with Crippen molar-refractivity contribution in [3.63, 3.8) is 0 Å². The third kappa shape index (κ3) is 2.08. The van der Waals surface area contributed by atoms with Gasteiger partial charge in [-0.25, -0.2) is 4.79 Å². The number of carbonyl (C=O) groups is 1. The number of rotatable bonds is 2. The largest absolute Gasteiger partial charge is 0.394 e. The third-order valence-corrected chi connectivity index (χ3v) is 3.09. The summed E-state index contributed by atoms with van der Waals surface area (Å²) < 4.78 is 5.42. The number of ether oxygens (including phenoxy) is 1. The summed E-state index contributed by atoms with van der Waals surface area (Å²) in [7, 11) is 1.56. The number of nitrogens with zero attached hydrogens (tertiary/aromatic N) is 2.